The molecule has 2 aromatic rings. The maximum atomic E-state index is 12.5. The first-order chi connectivity index (χ1) is 13.2. The van der Waals surface area contributed by atoms with Crippen molar-refractivity contribution in [3.05, 3.63) is 71.3 Å². The summed E-state index contributed by atoms with van der Waals surface area (Å²) in [5.74, 6) is 2.30. The van der Waals surface area contributed by atoms with Crippen LogP contribution in [0, 0.1) is 5.92 Å². The third-order valence-corrected chi connectivity index (χ3v) is 6.30. The molecular weight excluding hydrogens is 328 g/mol. The standard InChI is InChI=1S/C26H34O/c1-3-7-21-10-14-24(15-11-21)25-16-12-22(13-17-25)19-26(27)18-20(2)23-8-5-4-6-9-23/h4-6,8-9,12-13,16-17,20-21,24H,3,7,10-11,14-15,18-19H2,1-2H3/t20-,21?,24?/m0/s1. The van der Waals surface area contributed by atoms with Crippen molar-refractivity contribution < 1.29 is 4.79 Å². The second-order valence-corrected chi connectivity index (χ2v) is 8.48. The highest BCUT2D eigenvalue weighted by Crippen LogP contribution is 2.37. The fraction of sp³-hybridized carbons (Fsp3) is 0.500. The van der Waals surface area contributed by atoms with Gasteiger partial charge in [-0.05, 0) is 60.1 Å². The predicted octanol–water partition coefficient (Wildman–Crippen LogP) is 7.07. The summed E-state index contributed by atoms with van der Waals surface area (Å²) in [5.41, 5.74) is 3.88. The molecule has 1 nitrogen and oxygen atoms in total. The first kappa shape index (κ1) is 19.9. The average Bonchev–Trinajstić information content (AvgIpc) is 2.70. The summed E-state index contributed by atoms with van der Waals surface area (Å²) in [4.78, 5) is 12.5. The van der Waals surface area contributed by atoms with Crippen LogP contribution in [0.1, 0.15) is 87.3 Å². The molecule has 1 saturated carbocycles. The second kappa shape index (κ2) is 9.88. The van der Waals surface area contributed by atoms with E-state index in [1.807, 2.05) is 18.2 Å². The smallest absolute Gasteiger partial charge is 0.137 e. The minimum atomic E-state index is 0.288. The summed E-state index contributed by atoms with van der Waals surface area (Å²) in [6.07, 6.45) is 9.32. The van der Waals surface area contributed by atoms with E-state index >= 15 is 0 Å². The molecule has 0 aliphatic heterocycles. The van der Waals surface area contributed by atoms with Gasteiger partial charge in [0, 0.05) is 12.8 Å². The molecule has 0 spiro atoms. The normalized spacial score (nSPS) is 21.0. The molecule has 27 heavy (non-hydrogen) atoms. The van der Waals surface area contributed by atoms with Crippen LogP contribution in [0.4, 0.5) is 0 Å². The SMILES string of the molecule is CCCC1CCC(c2ccc(CC(=O)C[C@H](C)c3ccccc3)cc2)CC1. The highest BCUT2D eigenvalue weighted by molar-refractivity contribution is 5.81. The predicted molar refractivity (Wildman–Crippen MR) is 114 cm³/mol. The molecule has 1 aliphatic rings. The Kier molecular flexibility index (Phi) is 7.26. The van der Waals surface area contributed by atoms with Gasteiger partial charge in [-0.3, -0.25) is 4.79 Å². The van der Waals surface area contributed by atoms with E-state index in [0.717, 1.165) is 17.4 Å². The van der Waals surface area contributed by atoms with Gasteiger partial charge in [0.05, 0.1) is 0 Å². The van der Waals surface area contributed by atoms with Gasteiger partial charge in [-0.1, -0.05) is 81.3 Å². The van der Waals surface area contributed by atoms with Crippen LogP contribution in [0.2, 0.25) is 0 Å². The van der Waals surface area contributed by atoms with E-state index in [2.05, 4.69) is 50.2 Å². The Morgan fingerprint density at radius 3 is 2.26 bits per heavy atom. The van der Waals surface area contributed by atoms with Crippen LogP contribution in [-0.4, -0.2) is 5.78 Å². The summed E-state index contributed by atoms with van der Waals surface area (Å²) >= 11 is 0. The maximum Gasteiger partial charge on any atom is 0.137 e. The van der Waals surface area contributed by atoms with E-state index in [4.69, 9.17) is 0 Å². The Labute approximate surface area is 165 Å². The van der Waals surface area contributed by atoms with Gasteiger partial charge in [0.25, 0.3) is 0 Å². The van der Waals surface area contributed by atoms with Crippen LogP contribution in [0.5, 0.6) is 0 Å². The summed E-state index contributed by atoms with van der Waals surface area (Å²) in [6, 6.07) is 19.2. The van der Waals surface area contributed by atoms with Crippen LogP contribution in [-0.2, 0) is 11.2 Å². The molecule has 2 aromatic carbocycles. The van der Waals surface area contributed by atoms with E-state index in [1.54, 1.807) is 0 Å². The molecule has 1 heteroatoms. The molecule has 0 unspecified atom stereocenters. The Bertz CT molecular complexity index is 693. The Morgan fingerprint density at radius 1 is 0.963 bits per heavy atom. The van der Waals surface area contributed by atoms with E-state index in [1.165, 1.54) is 49.7 Å². The van der Waals surface area contributed by atoms with Crippen molar-refractivity contribution in [2.75, 3.05) is 0 Å². The maximum absolute atomic E-state index is 12.5. The molecule has 0 radical (unpaired) electrons. The Morgan fingerprint density at radius 2 is 1.63 bits per heavy atom. The summed E-state index contributed by atoms with van der Waals surface area (Å²) in [7, 11) is 0. The molecule has 3 rings (SSSR count). The quantitative estimate of drug-likeness (QED) is 0.491. The Balaban J connectivity index is 1.49. The lowest BCUT2D eigenvalue weighted by atomic mass is 9.77. The van der Waals surface area contributed by atoms with Crippen molar-refractivity contribution in [2.45, 2.75) is 77.0 Å². The van der Waals surface area contributed by atoms with Crippen LogP contribution in [0.3, 0.4) is 0 Å². The molecule has 0 amide bonds. The van der Waals surface area contributed by atoms with Crippen LogP contribution < -0.4 is 0 Å². The number of hydrogen-bond acceptors (Lipinski definition) is 1. The highest BCUT2D eigenvalue weighted by Gasteiger charge is 2.21. The zero-order valence-corrected chi connectivity index (χ0v) is 17.0. The molecule has 0 saturated heterocycles. The van der Waals surface area contributed by atoms with Gasteiger partial charge < -0.3 is 0 Å². The molecule has 0 N–H and O–H groups in total. The topological polar surface area (TPSA) is 17.1 Å². The highest BCUT2D eigenvalue weighted by atomic mass is 16.1. The number of carbonyl (C=O) groups is 1. The minimum Gasteiger partial charge on any atom is -0.299 e. The molecule has 1 fully saturated rings. The second-order valence-electron chi connectivity index (χ2n) is 8.48. The molecule has 1 aliphatic carbocycles. The van der Waals surface area contributed by atoms with Crippen LogP contribution in [0.25, 0.3) is 0 Å². The molecule has 0 aromatic heterocycles. The molecular formula is C26H34O. The van der Waals surface area contributed by atoms with Gasteiger partial charge >= 0.3 is 0 Å². The summed E-state index contributed by atoms with van der Waals surface area (Å²) in [5, 5.41) is 0. The van der Waals surface area contributed by atoms with E-state index in [0.29, 0.717) is 18.6 Å². The van der Waals surface area contributed by atoms with Gasteiger partial charge in [0.1, 0.15) is 5.78 Å². The molecule has 0 heterocycles. The number of carbonyl (C=O) groups excluding carboxylic acids is 1. The Hall–Kier alpha value is -1.89. The van der Waals surface area contributed by atoms with Gasteiger partial charge in [-0.2, -0.15) is 0 Å². The zero-order valence-electron chi connectivity index (χ0n) is 17.0. The lowest BCUT2D eigenvalue weighted by Crippen LogP contribution is -2.13. The number of ketones is 1. The third kappa shape index (κ3) is 5.79. The average molecular weight is 363 g/mol. The van der Waals surface area contributed by atoms with Gasteiger partial charge in [0.15, 0.2) is 0 Å². The molecule has 0 bridgehead atoms. The molecule has 1 atom stereocenters. The largest absolute Gasteiger partial charge is 0.299 e. The minimum absolute atomic E-state index is 0.288. The zero-order chi connectivity index (χ0) is 19.1. The van der Waals surface area contributed by atoms with Crippen LogP contribution in [0.15, 0.2) is 54.6 Å². The number of rotatable bonds is 8. The number of hydrogen-bond donors (Lipinski definition) is 0. The van der Waals surface area contributed by atoms with E-state index < -0.39 is 0 Å². The van der Waals surface area contributed by atoms with Crippen molar-refractivity contribution in [2.24, 2.45) is 5.92 Å². The lowest BCUT2D eigenvalue weighted by Gasteiger charge is -2.28. The molecule has 144 valence electrons. The van der Waals surface area contributed by atoms with Crippen molar-refractivity contribution >= 4 is 5.78 Å². The third-order valence-electron chi connectivity index (χ3n) is 6.30. The first-order valence-corrected chi connectivity index (χ1v) is 10.8. The lowest BCUT2D eigenvalue weighted by molar-refractivity contribution is -0.118. The van der Waals surface area contributed by atoms with E-state index in [9.17, 15) is 4.79 Å². The monoisotopic (exact) mass is 362 g/mol. The van der Waals surface area contributed by atoms with Gasteiger partial charge in [-0.15, -0.1) is 0 Å². The van der Waals surface area contributed by atoms with Gasteiger partial charge in [-0.25, -0.2) is 0 Å². The van der Waals surface area contributed by atoms with Crippen molar-refractivity contribution in [3.63, 3.8) is 0 Å². The summed E-state index contributed by atoms with van der Waals surface area (Å²) < 4.78 is 0. The summed E-state index contributed by atoms with van der Waals surface area (Å²) in [6.45, 7) is 4.44. The fourth-order valence-electron chi connectivity index (χ4n) is 4.64. The first-order valence-electron chi connectivity index (χ1n) is 10.8. The van der Waals surface area contributed by atoms with Crippen molar-refractivity contribution in [3.8, 4) is 0 Å². The number of Topliss-reactive ketones (excluding diaryl/α,β-unsaturated/α-hetero) is 1. The van der Waals surface area contributed by atoms with Crippen molar-refractivity contribution in [1.29, 1.82) is 0 Å². The fourth-order valence-corrected chi connectivity index (χ4v) is 4.64. The number of benzene rings is 2. The van der Waals surface area contributed by atoms with E-state index in [-0.39, 0.29) is 5.92 Å². The van der Waals surface area contributed by atoms with Gasteiger partial charge in [0.2, 0.25) is 0 Å². The van der Waals surface area contributed by atoms with Crippen molar-refractivity contribution in [1.82, 2.24) is 0 Å². The van der Waals surface area contributed by atoms with Crippen LogP contribution >= 0.6 is 0 Å².